The monoisotopic (exact) mass is 417 g/mol. The molecule has 0 aliphatic carbocycles. The van der Waals surface area contributed by atoms with Crippen LogP contribution in [0.15, 0.2) is 66.7 Å². The number of alkyl halides is 3. The average molecular weight is 417 g/mol. The normalized spacial score (nSPS) is 13.6. The van der Waals surface area contributed by atoms with Crippen LogP contribution in [0, 0.1) is 0 Å². The van der Waals surface area contributed by atoms with E-state index in [1.165, 1.54) is 0 Å². The number of halogens is 3. The maximum atomic E-state index is 12.7. The number of nitrogens with one attached hydrogen (secondary N) is 1. The molecule has 0 saturated heterocycles. The third-order valence-electron chi connectivity index (χ3n) is 4.72. The van der Waals surface area contributed by atoms with Crippen LogP contribution in [0.5, 0.6) is 0 Å². The van der Waals surface area contributed by atoms with E-state index in [4.69, 9.17) is 0 Å². The summed E-state index contributed by atoms with van der Waals surface area (Å²) in [4.78, 5) is 24.0. The van der Waals surface area contributed by atoms with Crippen LogP contribution in [-0.2, 0) is 22.2 Å². The third-order valence-corrected chi connectivity index (χ3v) is 4.72. The van der Waals surface area contributed by atoms with E-state index in [-0.39, 0.29) is 12.0 Å². The molecule has 0 aliphatic heterocycles. The van der Waals surface area contributed by atoms with Gasteiger partial charge in [-0.05, 0) is 34.0 Å². The highest BCUT2D eigenvalue weighted by Gasteiger charge is 2.31. The van der Waals surface area contributed by atoms with Gasteiger partial charge in [0.15, 0.2) is 6.10 Å². The molecular formula is C22H18F3NO4. The molecule has 0 radical (unpaired) electrons. The molecule has 0 spiro atoms. The zero-order valence-corrected chi connectivity index (χ0v) is 15.6. The summed E-state index contributed by atoms with van der Waals surface area (Å²) in [6.45, 7) is 0. The first-order valence-electron chi connectivity index (χ1n) is 9.02. The highest BCUT2D eigenvalue weighted by Crippen LogP contribution is 2.30. The molecule has 8 heteroatoms. The fraction of sp³-hybridized carbons (Fsp3) is 0.182. The zero-order chi connectivity index (χ0) is 21.9. The molecule has 3 aromatic rings. The molecule has 3 N–H and O–H groups in total. The van der Waals surface area contributed by atoms with Gasteiger partial charge in [-0.2, -0.15) is 13.2 Å². The lowest BCUT2D eigenvalue weighted by atomic mass is 9.98. The van der Waals surface area contributed by atoms with Crippen molar-refractivity contribution < 1.29 is 33.0 Å². The third kappa shape index (κ3) is 4.77. The van der Waals surface area contributed by atoms with Crippen molar-refractivity contribution >= 4 is 22.6 Å². The maximum absolute atomic E-state index is 12.7. The summed E-state index contributed by atoms with van der Waals surface area (Å²) in [7, 11) is 0. The van der Waals surface area contributed by atoms with Crippen molar-refractivity contribution in [2.24, 2.45) is 0 Å². The Kier molecular flexibility index (Phi) is 6.07. The molecular weight excluding hydrogens is 399 g/mol. The predicted octanol–water partition coefficient (Wildman–Crippen LogP) is 3.70. The Balaban J connectivity index is 1.76. The summed E-state index contributed by atoms with van der Waals surface area (Å²) in [6, 6.07) is 14.9. The summed E-state index contributed by atoms with van der Waals surface area (Å²) >= 11 is 0. The molecule has 3 rings (SSSR count). The first-order chi connectivity index (χ1) is 14.2. The van der Waals surface area contributed by atoms with Crippen LogP contribution in [0.1, 0.15) is 22.8 Å². The molecule has 0 fully saturated rings. The number of hydrogen-bond donors (Lipinski definition) is 3. The zero-order valence-electron chi connectivity index (χ0n) is 15.6. The van der Waals surface area contributed by atoms with Gasteiger partial charge in [0.1, 0.15) is 6.04 Å². The summed E-state index contributed by atoms with van der Waals surface area (Å²) in [5.74, 6) is -2.31. The molecule has 0 heterocycles. The van der Waals surface area contributed by atoms with Crippen molar-refractivity contribution in [2.75, 3.05) is 0 Å². The molecule has 0 unspecified atom stereocenters. The number of carboxylic acids is 1. The smallest absolute Gasteiger partial charge is 0.416 e. The van der Waals surface area contributed by atoms with Crippen molar-refractivity contribution in [2.45, 2.75) is 24.7 Å². The number of aliphatic hydroxyl groups excluding tert-OH is 1. The fourth-order valence-corrected chi connectivity index (χ4v) is 3.15. The topological polar surface area (TPSA) is 86.6 Å². The molecule has 5 nitrogen and oxygen atoms in total. The molecule has 0 aromatic heterocycles. The van der Waals surface area contributed by atoms with E-state index in [1.807, 2.05) is 30.3 Å². The molecule has 0 saturated carbocycles. The largest absolute Gasteiger partial charge is 0.480 e. The molecule has 0 aliphatic rings. The van der Waals surface area contributed by atoms with Gasteiger partial charge in [-0.25, -0.2) is 4.79 Å². The number of fused-ring (bicyclic) bond motifs is 1. The lowest BCUT2D eigenvalue weighted by Crippen LogP contribution is -2.44. The van der Waals surface area contributed by atoms with Gasteiger partial charge < -0.3 is 15.5 Å². The van der Waals surface area contributed by atoms with Gasteiger partial charge in [-0.1, -0.05) is 54.6 Å². The van der Waals surface area contributed by atoms with E-state index in [1.54, 1.807) is 12.1 Å². The number of aliphatic hydroxyl groups is 1. The first kappa shape index (κ1) is 21.3. The lowest BCUT2D eigenvalue weighted by molar-refractivity contribution is -0.143. The molecule has 156 valence electrons. The van der Waals surface area contributed by atoms with E-state index in [0.717, 1.165) is 35.0 Å². The highest BCUT2D eigenvalue weighted by molar-refractivity contribution is 5.89. The molecule has 3 aromatic carbocycles. The Morgan fingerprint density at radius 2 is 1.57 bits per heavy atom. The quantitative estimate of drug-likeness (QED) is 0.571. The SMILES string of the molecule is O=C(O)[C@H](Cc1cccc2ccccc12)NC(=O)[C@H](O)c1ccc(C(F)(F)F)cc1. The predicted molar refractivity (Wildman–Crippen MR) is 104 cm³/mol. The van der Waals surface area contributed by atoms with Gasteiger partial charge in [0.2, 0.25) is 0 Å². The highest BCUT2D eigenvalue weighted by atomic mass is 19.4. The Labute approximate surface area is 169 Å². The van der Waals surface area contributed by atoms with Crippen molar-refractivity contribution in [1.82, 2.24) is 5.32 Å². The minimum Gasteiger partial charge on any atom is -0.480 e. The average Bonchev–Trinajstić information content (AvgIpc) is 2.72. The Morgan fingerprint density at radius 1 is 0.933 bits per heavy atom. The van der Waals surface area contributed by atoms with E-state index >= 15 is 0 Å². The Hall–Kier alpha value is -3.39. The first-order valence-corrected chi connectivity index (χ1v) is 9.02. The second-order valence-electron chi connectivity index (χ2n) is 6.76. The van der Waals surface area contributed by atoms with E-state index in [2.05, 4.69) is 5.32 Å². The van der Waals surface area contributed by atoms with Crippen LogP contribution in [0.25, 0.3) is 10.8 Å². The number of hydrogen-bond acceptors (Lipinski definition) is 3. The van der Waals surface area contributed by atoms with Crippen molar-refractivity contribution in [3.8, 4) is 0 Å². The lowest BCUT2D eigenvalue weighted by Gasteiger charge is -2.19. The van der Waals surface area contributed by atoms with Crippen LogP contribution < -0.4 is 5.32 Å². The molecule has 1 amide bonds. The molecule has 30 heavy (non-hydrogen) atoms. The Bertz CT molecular complexity index is 1060. The van der Waals surface area contributed by atoms with Crippen molar-refractivity contribution in [3.05, 3.63) is 83.4 Å². The van der Waals surface area contributed by atoms with Gasteiger partial charge in [-0.15, -0.1) is 0 Å². The number of carboxylic acid groups (broad SMARTS) is 1. The van der Waals surface area contributed by atoms with Crippen molar-refractivity contribution in [1.29, 1.82) is 0 Å². The number of aliphatic carboxylic acids is 1. The minimum atomic E-state index is -4.54. The van der Waals surface area contributed by atoms with Crippen LogP contribution >= 0.6 is 0 Å². The molecule has 0 bridgehead atoms. The second kappa shape index (κ2) is 8.54. The number of carbonyl (C=O) groups excluding carboxylic acids is 1. The summed E-state index contributed by atoms with van der Waals surface area (Å²) in [6.07, 6.45) is -6.37. The number of amides is 1. The number of benzene rings is 3. The van der Waals surface area contributed by atoms with Crippen molar-refractivity contribution in [3.63, 3.8) is 0 Å². The van der Waals surface area contributed by atoms with Crippen LogP contribution in [0.2, 0.25) is 0 Å². The van der Waals surface area contributed by atoms with E-state index in [9.17, 15) is 33.0 Å². The van der Waals surface area contributed by atoms with Gasteiger partial charge >= 0.3 is 12.1 Å². The van der Waals surface area contributed by atoms with Crippen LogP contribution in [0.3, 0.4) is 0 Å². The number of rotatable bonds is 6. The summed E-state index contributed by atoms with van der Waals surface area (Å²) < 4.78 is 38.0. The van der Waals surface area contributed by atoms with Gasteiger partial charge in [-0.3, -0.25) is 4.79 Å². The van der Waals surface area contributed by atoms with Crippen LogP contribution in [-0.4, -0.2) is 28.1 Å². The standard InChI is InChI=1S/C22H18F3NO4/c23-22(24,25)16-10-8-14(9-11-16)19(27)20(28)26-18(21(29)30)12-15-6-3-5-13-4-1-2-7-17(13)15/h1-11,18-19,27H,12H2,(H,26,28)(H,29,30)/t18-,19+/m0/s1. The second-order valence-corrected chi connectivity index (χ2v) is 6.76. The van der Waals surface area contributed by atoms with Gasteiger partial charge in [0, 0.05) is 6.42 Å². The van der Waals surface area contributed by atoms with E-state index in [0.29, 0.717) is 5.56 Å². The minimum absolute atomic E-state index is 0.0256. The van der Waals surface area contributed by atoms with Gasteiger partial charge in [0.05, 0.1) is 5.56 Å². The Morgan fingerprint density at radius 3 is 2.20 bits per heavy atom. The summed E-state index contributed by atoms with van der Waals surface area (Å²) in [5, 5.41) is 23.7. The van der Waals surface area contributed by atoms with Gasteiger partial charge in [0.25, 0.3) is 5.91 Å². The molecule has 2 atom stereocenters. The maximum Gasteiger partial charge on any atom is 0.416 e. The van der Waals surface area contributed by atoms with E-state index < -0.39 is 35.8 Å². The fourth-order valence-electron chi connectivity index (χ4n) is 3.15. The summed E-state index contributed by atoms with van der Waals surface area (Å²) in [5.41, 5.74) is -0.294. The van der Waals surface area contributed by atoms with Crippen LogP contribution in [0.4, 0.5) is 13.2 Å². The number of carbonyl (C=O) groups is 2.